The number of rotatable bonds is 11. The molecular formula is C30H33N3O7. The Morgan fingerprint density at radius 1 is 1.07 bits per heavy atom. The fraction of sp³-hybridized carbons (Fsp3) is 0.367. The summed E-state index contributed by atoms with van der Waals surface area (Å²) < 4.78 is 24.9. The molecule has 1 amide bonds. The second-order valence-electron chi connectivity index (χ2n) is 9.52. The van der Waals surface area contributed by atoms with Crippen molar-refractivity contribution >= 4 is 17.4 Å². The van der Waals surface area contributed by atoms with Crippen molar-refractivity contribution in [1.82, 2.24) is 9.88 Å². The quantitative estimate of drug-likeness (QED) is 0.170. The molecule has 5 rings (SSSR count). The van der Waals surface area contributed by atoms with Gasteiger partial charge in [0, 0.05) is 18.5 Å². The number of imidazole rings is 1. The molecule has 0 radical (unpaired) electrons. The molecule has 3 heterocycles. The highest BCUT2D eigenvalue weighted by atomic mass is 16.6. The first-order valence-corrected chi connectivity index (χ1v) is 13.6. The first-order chi connectivity index (χ1) is 19.5. The lowest BCUT2D eigenvalue weighted by molar-refractivity contribution is -0.695. The van der Waals surface area contributed by atoms with Crippen molar-refractivity contribution in [2.75, 3.05) is 33.0 Å². The number of likely N-dealkylation sites (tertiary alicyclic amines) is 1. The van der Waals surface area contributed by atoms with Crippen LogP contribution in [0.4, 0.5) is 0 Å². The van der Waals surface area contributed by atoms with Gasteiger partial charge in [0.05, 0.1) is 25.8 Å². The van der Waals surface area contributed by atoms with Crippen LogP contribution in [0.1, 0.15) is 43.9 Å². The van der Waals surface area contributed by atoms with Crippen molar-refractivity contribution in [2.45, 2.75) is 39.3 Å². The van der Waals surface area contributed by atoms with E-state index in [0.29, 0.717) is 68.0 Å². The van der Waals surface area contributed by atoms with Gasteiger partial charge in [0.1, 0.15) is 25.6 Å². The molecule has 1 saturated heterocycles. The molecule has 2 aliphatic heterocycles. The van der Waals surface area contributed by atoms with Crippen LogP contribution < -0.4 is 28.6 Å². The molecule has 1 N–H and O–H groups in total. The van der Waals surface area contributed by atoms with E-state index in [1.54, 1.807) is 36.4 Å². The molecule has 10 nitrogen and oxygen atoms in total. The van der Waals surface area contributed by atoms with E-state index in [-0.39, 0.29) is 17.7 Å². The number of carbonyl (C=O) groups is 2. The Bertz CT molecular complexity index is 1400. The molecule has 1 atom stereocenters. The minimum Gasteiger partial charge on any atom is -0.872 e. The Morgan fingerprint density at radius 2 is 1.90 bits per heavy atom. The highest BCUT2D eigenvalue weighted by Gasteiger charge is 2.44. The predicted octanol–water partition coefficient (Wildman–Crippen LogP) is 2.58. The van der Waals surface area contributed by atoms with Gasteiger partial charge in [0.25, 0.3) is 5.91 Å². The number of nitrogens with one attached hydrogen (secondary N) is 1. The first kappa shape index (κ1) is 27.1. The molecule has 0 bridgehead atoms. The maximum atomic E-state index is 13.9. The number of carbonyl (C=O) groups excluding carboxylic acids is 2. The molecule has 1 unspecified atom stereocenters. The van der Waals surface area contributed by atoms with Crippen LogP contribution in [0, 0.1) is 0 Å². The summed E-state index contributed by atoms with van der Waals surface area (Å²) in [7, 11) is 0. The minimum atomic E-state index is -0.878. The number of aromatic nitrogens is 2. The van der Waals surface area contributed by atoms with Crippen LogP contribution in [-0.2, 0) is 16.1 Å². The molecule has 2 aliphatic rings. The number of hydrogen-bond donors (Lipinski definition) is 1. The SMILES string of the molecule is CCCOc1ccc(C2C(=C([O-])c3ccc4c(c3)OCCO4)C(=O)C(=O)N2CCC[n+]2cc[nH]c2)cc1OCC. The number of Topliss-reactive ketones (excluding diaryl/α,β-unsaturated/α-hetero) is 1. The van der Waals surface area contributed by atoms with E-state index in [9.17, 15) is 14.7 Å². The molecule has 3 aromatic rings. The Hall–Kier alpha value is -4.47. The van der Waals surface area contributed by atoms with Gasteiger partial charge in [0.2, 0.25) is 12.1 Å². The third kappa shape index (κ3) is 5.47. The number of nitrogens with zero attached hydrogens (tertiary/aromatic N) is 2. The predicted molar refractivity (Wildman–Crippen MR) is 143 cm³/mol. The topological polar surface area (TPSA) is 117 Å². The zero-order valence-corrected chi connectivity index (χ0v) is 22.7. The van der Waals surface area contributed by atoms with Gasteiger partial charge in [-0.25, -0.2) is 4.57 Å². The number of aryl methyl sites for hydroxylation is 1. The van der Waals surface area contributed by atoms with Crippen molar-refractivity contribution in [3.05, 3.63) is 71.8 Å². The third-order valence-corrected chi connectivity index (χ3v) is 6.80. The van der Waals surface area contributed by atoms with Gasteiger partial charge in [-0.2, -0.15) is 0 Å². The standard InChI is InChI=1S/C30H33N3O7/c1-3-14-38-22-8-6-20(17-24(22)37-4-2)27-26(28(34)21-7-9-23-25(18-21)40-16-15-39-23)29(35)30(36)33(27)12-5-11-32-13-10-31-19-32/h6-10,13,17-19,27H,3-5,11-12,14-16H2,1-2H3,(H,34,35). The lowest BCUT2D eigenvalue weighted by Gasteiger charge is -2.28. The zero-order valence-electron chi connectivity index (χ0n) is 22.7. The van der Waals surface area contributed by atoms with Crippen LogP contribution >= 0.6 is 0 Å². The molecule has 40 heavy (non-hydrogen) atoms. The number of fused-ring (bicyclic) bond motifs is 1. The monoisotopic (exact) mass is 547 g/mol. The van der Waals surface area contributed by atoms with Gasteiger partial charge in [-0.05, 0) is 48.7 Å². The van der Waals surface area contributed by atoms with Crippen LogP contribution in [0.3, 0.4) is 0 Å². The number of hydrogen-bond acceptors (Lipinski definition) is 7. The number of ketones is 1. The van der Waals surface area contributed by atoms with Gasteiger partial charge in [-0.1, -0.05) is 24.8 Å². The van der Waals surface area contributed by atoms with E-state index in [0.717, 1.165) is 6.42 Å². The molecule has 2 aromatic carbocycles. The highest BCUT2D eigenvalue weighted by Crippen LogP contribution is 2.42. The smallest absolute Gasteiger partial charge is 0.295 e. The summed E-state index contributed by atoms with van der Waals surface area (Å²) in [5.74, 6) is 0.00533. The van der Waals surface area contributed by atoms with Gasteiger partial charge in [0.15, 0.2) is 23.0 Å². The lowest BCUT2D eigenvalue weighted by atomic mass is 9.94. The summed E-state index contributed by atoms with van der Waals surface area (Å²) >= 11 is 0. The van der Waals surface area contributed by atoms with E-state index < -0.39 is 23.5 Å². The third-order valence-electron chi connectivity index (χ3n) is 6.80. The maximum Gasteiger partial charge on any atom is 0.295 e. The number of aromatic amines is 1. The molecular weight excluding hydrogens is 514 g/mol. The van der Waals surface area contributed by atoms with Gasteiger partial charge in [-0.3, -0.25) is 14.6 Å². The molecule has 0 spiro atoms. The Labute approximate surface area is 232 Å². The van der Waals surface area contributed by atoms with Crippen molar-refractivity contribution in [2.24, 2.45) is 0 Å². The second-order valence-corrected chi connectivity index (χ2v) is 9.52. The normalized spacial score (nSPS) is 17.8. The van der Waals surface area contributed by atoms with Crippen LogP contribution in [0.5, 0.6) is 23.0 Å². The molecule has 1 fully saturated rings. The molecule has 0 aliphatic carbocycles. The second kappa shape index (κ2) is 12.1. The summed E-state index contributed by atoms with van der Waals surface area (Å²) in [6.07, 6.45) is 6.93. The van der Waals surface area contributed by atoms with E-state index in [1.165, 1.54) is 4.90 Å². The summed E-state index contributed by atoms with van der Waals surface area (Å²) in [6.45, 7) is 6.49. The van der Waals surface area contributed by atoms with Gasteiger partial charge < -0.3 is 29.0 Å². The van der Waals surface area contributed by atoms with E-state index in [1.807, 2.05) is 37.1 Å². The fourth-order valence-electron chi connectivity index (χ4n) is 4.97. The van der Waals surface area contributed by atoms with Crippen LogP contribution in [-0.4, -0.2) is 54.5 Å². The molecule has 210 valence electrons. The summed E-state index contributed by atoms with van der Waals surface area (Å²) in [5, 5.41) is 13.9. The Morgan fingerprint density at radius 3 is 2.65 bits per heavy atom. The van der Waals surface area contributed by atoms with Gasteiger partial charge in [-0.15, -0.1) is 0 Å². The number of ether oxygens (including phenoxy) is 4. The van der Waals surface area contributed by atoms with E-state index >= 15 is 0 Å². The summed E-state index contributed by atoms with van der Waals surface area (Å²) in [6, 6.07) is 9.25. The highest BCUT2D eigenvalue weighted by molar-refractivity contribution is 6.46. The Kier molecular flexibility index (Phi) is 8.23. The van der Waals surface area contributed by atoms with E-state index in [2.05, 4.69) is 4.98 Å². The first-order valence-electron chi connectivity index (χ1n) is 13.6. The fourth-order valence-corrected chi connectivity index (χ4v) is 4.97. The average Bonchev–Trinajstić information content (AvgIpc) is 3.58. The van der Waals surface area contributed by atoms with Crippen LogP contribution in [0.2, 0.25) is 0 Å². The van der Waals surface area contributed by atoms with Crippen LogP contribution in [0.15, 0.2) is 60.7 Å². The number of benzene rings is 2. The Balaban J connectivity index is 1.56. The summed E-state index contributed by atoms with van der Waals surface area (Å²) in [5.41, 5.74) is 0.755. The van der Waals surface area contributed by atoms with Crippen molar-refractivity contribution < 1.29 is 38.2 Å². The molecule has 1 aromatic heterocycles. The zero-order chi connectivity index (χ0) is 28.1. The number of H-pyrrole nitrogens is 1. The molecule has 0 saturated carbocycles. The minimum absolute atomic E-state index is 0.0966. The molecule has 10 heteroatoms. The van der Waals surface area contributed by atoms with E-state index in [4.69, 9.17) is 18.9 Å². The largest absolute Gasteiger partial charge is 0.872 e. The lowest BCUT2D eigenvalue weighted by Crippen LogP contribution is -2.36. The summed E-state index contributed by atoms with van der Waals surface area (Å²) in [4.78, 5) is 31.3. The maximum absolute atomic E-state index is 13.9. The number of amides is 1. The van der Waals surface area contributed by atoms with Gasteiger partial charge >= 0.3 is 0 Å². The average molecular weight is 548 g/mol. The van der Waals surface area contributed by atoms with Crippen LogP contribution in [0.25, 0.3) is 5.76 Å². The van der Waals surface area contributed by atoms with Crippen molar-refractivity contribution in [3.63, 3.8) is 0 Å². The van der Waals surface area contributed by atoms with Crippen molar-refractivity contribution in [3.8, 4) is 23.0 Å². The van der Waals surface area contributed by atoms with Crippen molar-refractivity contribution in [1.29, 1.82) is 0 Å².